The third-order valence-electron chi connectivity index (χ3n) is 2.88. The summed E-state index contributed by atoms with van der Waals surface area (Å²) in [5, 5.41) is 6.22. The lowest BCUT2D eigenvalue weighted by atomic mass is 10.1. The van der Waals surface area contributed by atoms with Gasteiger partial charge in [0, 0.05) is 23.8 Å². The van der Waals surface area contributed by atoms with E-state index < -0.39 is 0 Å². The van der Waals surface area contributed by atoms with Gasteiger partial charge in [-0.25, -0.2) is 0 Å². The predicted octanol–water partition coefficient (Wildman–Crippen LogP) is 3.44. The van der Waals surface area contributed by atoms with Gasteiger partial charge in [0.1, 0.15) is 0 Å². The topological polar surface area (TPSA) is 41.1 Å². The van der Waals surface area contributed by atoms with Crippen LogP contribution in [0.2, 0.25) is 0 Å². The number of rotatable bonds is 5. The van der Waals surface area contributed by atoms with Gasteiger partial charge in [-0.3, -0.25) is 4.79 Å². The van der Waals surface area contributed by atoms with Gasteiger partial charge in [0.15, 0.2) is 0 Å². The lowest BCUT2D eigenvalue weighted by Crippen LogP contribution is -2.30. The van der Waals surface area contributed by atoms with E-state index in [2.05, 4.69) is 22.8 Å². The summed E-state index contributed by atoms with van der Waals surface area (Å²) >= 11 is 0. The summed E-state index contributed by atoms with van der Waals surface area (Å²) < 4.78 is 0. The highest BCUT2D eigenvalue weighted by Crippen LogP contribution is 2.12. The van der Waals surface area contributed by atoms with Gasteiger partial charge in [-0.15, -0.1) is 0 Å². The van der Waals surface area contributed by atoms with Crippen molar-refractivity contribution in [2.24, 2.45) is 0 Å². The van der Waals surface area contributed by atoms with Crippen LogP contribution >= 0.6 is 0 Å². The number of nitrogens with one attached hydrogen (secondary N) is 2. The number of amides is 1. The van der Waals surface area contributed by atoms with Crippen LogP contribution in [0.5, 0.6) is 0 Å². The fraction of sp³-hybridized carbons (Fsp3) is 0.235. The van der Waals surface area contributed by atoms with E-state index >= 15 is 0 Å². The summed E-state index contributed by atoms with van der Waals surface area (Å²) in [5.41, 5.74) is 2.84. The van der Waals surface area contributed by atoms with Crippen molar-refractivity contribution in [3.05, 3.63) is 65.7 Å². The van der Waals surface area contributed by atoms with Gasteiger partial charge in [0.05, 0.1) is 0 Å². The molecular weight excluding hydrogens is 248 g/mol. The van der Waals surface area contributed by atoms with Crippen LogP contribution in [0.1, 0.15) is 29.8 Å². The Morgan fingerprint density at radius 2 is 1.80 bits per heavy atom. The minimum atomic E-state index is -0.0386. The van der Waals surface area contributed by atoms with Crippen LogP contribution in [0.25, 0.3) is 0 Å². The Kier molecular flexibility index (Phi) is 4.77. The predicted molar refractivity (Wildman–Crippen MR) is 82.8 cm³/mol. The summed E-state index contributed by atoms with van der Waals surface area (Å²) in [6.07, 6.45) is 0. The van der Waals surface area contributed by atoms with Crippen molar-refractivity contribution < 1.29 is 4.79 Å². The van der Waals surface area contributed by atoms with E-state index in [1.807, 2.05) is 56.3 Å². The van der Waals surface area contributed by atoms with E-state index in [0.717, 1.165) is 12.2 Å². The van der Waals surface area contributed by atoms with Gasteiger partial charge in [-0.2, -0.15) is 0 Å². The third-order valence-corrected chi connectivity index (χ3v) is 2.88. The second kappa shape index (κ2) is 6.75. The number of anilines is 1. The summed E-state index contributed by atoms with van der Waals surface area (Å²) in [5.74, 6) is -0.0386. The van der Waals surface area contributed by atoms with Crippen LogP contribution in [-0.4, -0.2) is 11.9 Å². The van der Waals surface area contributed by atoms with Gasteiger partial charge in [-0.1, -0.05) is 36.4 Å². The Morgan fingerprint density at radius 1 is 1.05 bits per heavy atom. The van der Waals surface area contributed by atoms with E-state index in [-0.39, 0.29) is 11.9 Å². The van der Waals surface area contributed by atoms with Crippen molar-refractivity contribution in [3.63, 3.8) is 0 Å². The first kappa shape index (κ1) is 14.1. The fourth-order valence-corrected chi connectivity index (χ4v) is 1.92. The third kappa shape index (κ3) is 4.12. The molecule has 0 saturated carbocycles. The Morgan fingerprint density at radius 3 is 2.50 bits per heavy atom. The average Bonchev–Trinajstić information content (AvgIpc) is 2.46. The van der Waals surface area contributed by atoms with Gasteiger partial charge in [0.2, 0.25) is 0 Å². The number of hydrogen-bond donors (Lipinski definition) is 2. The molecule has 3 nitrogen and oxygen atoms in total. The Balaban J connectivity index is 2.01. The molecule has 2 aromatic carbocycles. The lowest BCUT2D eigenvalue weighted by molar-refractivity contribution is 0.0943. The van der Waals surface area contributed by atoms with Crippen LogP contribution < -0.4 is 10.6 Å². The molecule has 0 aliphatic heterocycles. The van der Waals surface area contributed by atoms with Gasteiger partial charge < -0.3 is 10.6 Å². The summed E-state index contributed by atoms with van der Waals surface area (Å²) in [6.45, 7) is 4.65. The molecule has 2 aromatic rings. The monoisotopic (exact) mass is 268 g/mol. The zero-order chi connectivity index (χ0) is 14.4. The van der Waals surface area contributed by atoms with Crippen molar-refractivity contribution in [1.29, 1.82) is 0 Å². The number of benzene rings is 2. The summed E-state index contributed by atoms with van der Waals surface area (Å²) in [7, 11) is 0. The van der Waals surface area contributed by atoms with Gasteiger partial charge >= 0.3 is 0 Å². The van der Waals surface area contributed by atoms with E-state index in [1.54, 1.807) is 0 Å². The number of carbonyl (C=O) groups excluding carboxylic acids is 1. The van der Waals surface area contributed by atoms with Crippen molar-refractivity contribution >= 4 is 11.6 Å². The molecule has 20 heavy (non-hydrogen) atoms. The molecule has 0 bridgehead atoms. The first-order valence-electron chi connectivity index (χ1n) is 6.84. The minimum Gasteiger partial charge on any atom is -0.381 e. The van der Waals surface area contributed by atoms with Crippen molar-refractivity contribution in [1.82, 2.24) is 5.32 Å². The van der Waals surface area contributed by atoms with E-state index in [4.69, 9.17) is 0 Å². The number of hydrogen-bond acceptors (Lipinski definition) is 2. The van der Waals surface area contributed by atoms with Crippen LogP contribution in [-0.2, 0) is 6.54 Å². The molecule has 1 amide bonds. The minimum absolute atomic E-state index is 0.0386. The zero-order valence-corrected chi connectivity index (χ0v) is 11.9. The maximum absolute atomic E-state index is 11.9. The Labute approximate surface area is 120 Å². The van der Waals surface area contributed by atoms with Crippen molar-refractivity contribution in [3.8, 4) is 0 Å². The molecule has 0 aliphatic rings. The quantitative estimate of drug-likeness (QED) is 0.872. The van der Waals surface area contributed by atoms with Crippen LogP contribution in [0.15, 0.2) is 54.6 Å². The van der Waals surface area contributed by atoms with E-state index in [9.17, 15) is 4.79 Å². The average molecular weight is 268 g/mol. The van der Waals surface area contributed by atoms with E-state index in [1.165, 1.54) is 5.56 Å². The normalized spacial score (nSPS) is 10.3. The van der Waals surface area contributed by atoms with Crippen LogP contribution in [0.4, 0.5) is 5.69 Å². The summed E-state index contributed by atoms with van der Waals surface area (Å²) in [6, 6.07) is 17.9. The van der Waals surface area contributed by atoms with Gasteiger partial charge in [-0.05, 0) is 37.6 Å². The molecule has 2 rings (SSSR count). The molecule has 0 spiro atoms. The standard InChI is InChI=1S/C17H20N2O/c1-13(2)19-17(20)15-9-6-10-16(11-15)18-12-14-7-4-3-5-8-14/h3-11,13,18H,12H2,1-2H3,(H,19,20). The molecule has 0 radical (unpaired) electrons. The largest absolute Gasteiger partial charge is 0.381 e. The molecule has 0 aliphatic carbocycles. The van der Waals surface area contributed by atoms with Crippen LogP contribution in [0, 0.1) is 0 Å². The molecule has 2 N–H and O–H groups in total. The van der Waals surface area contributed by atoms with Crippen molar-refractivity contribution in [2.45, 2.75) is 26.4 Å². The maximum atomic E-state index is 11.9. The fourth-order valence-electron chi connectivity index (χ4n) is 1.92. The highest BCUT2D eigenvalue weighted by Gasteiger charge is 2.07. The Hall–Kier alpha value is -2.29. The zero-order valence-electron chi connectivity index (χ0n) is 11.9. The van der Waals surface area contributed by atoms with Gasteiger partial charge in [0.25, 0.3) is 5.91 Å². The SMILES string of the molecule is CC(C)NC(=O)c1cccc(NCc2ccccc2)c1. The molecule has 3 heteroatoms. The highest BCUT2D eigenvalue weighted by molar-refractivity contribution is 5.95. The number of carbonyl (C=O) groups is 1. The molecule has 0 fully saturated rings. The lowest BCUT2D eigenvalue weighted by Gasteiger charge is -2.10. The van der Waals surface area contributed by atoms with Crippen LogP contribution in [0.3, 0.4) is 0 Å². The second-order valence-electron chi connectivity index (χ2n) is 5.05. The molecule has 0 atom stereocenters. The first-order chi connectivity index (χ1) is 9.65. The molecule has 0 saturated heterocycles. The highest BCUT2D eigenvalue weighted by atomic mass is 16.1. The maximum Gasteiger partial charge on any atom is 0.251 e. The smallest absolute Gasteiger partial charge is 0.251 e. The second-order valence-corrected chi connectivity index (χ2v) is 5.05. The molecule has 104 valence electrons. The van der Waals surface area contributed by atoms with E-state index in [0.29, 0.717) is 5.56 Å². The van der Waals surface area contributed by atoms with Crippen molar-refractivity contribution in [2.75, 3.05) is 5.32 Å². The molecule has 0 heterocycles. The molecule has 0 unspecified atom stereocenters. The molecule has 0 aromatic heterocycles. The Bertz CT molecular complexity index is 564. The first-order valence-corrected chi connectivity index (χ1v) is 6.84. The molecular formula is C17H20N2O. The summed E-state index contributed by atoms with van der Waals surface area (Å²) in [4.78, 5) is 11.9.